The Morgan fingerprint density at radius 2 is 1.93 bits per heavy atom. The molecule has 0 radical (unpaired) electrons. The van der Waals surface area contributed by atoms with Crippen molar-refractivity contribution in [2.75, 3.05) is 13.1 Å². The van der Waals surface area contributed by atoms with Gasteiger partial charge in [0.1, 0.15) is 5.01 Å². The molecular formula is C19H21N3O3S2. The molecule has 3 aromatic rings. The lowest BCUT2D eigenvalue weighted by Crippen LogP contribution is -2.38. The van der Waals surface area contributed by atoms with Crippen molar-refractivity contribution in [3.8, 4) is 10.8 Å². The molecule has 2 aromatic heterocycles. The van der Waals surface area contributed by atoms with Crippen LogP contribution in [0.5, 0.6) is 0 Å². The van der Waals surface area contributed by atoms with Gasteiger partial charge in [-0.2, -0.15) is 4.31 Å². The highest BCUT2D eigenvalue weighted by atomic mass is 32.2. The van der Waals surface area contributed by atoms with Crippen LogP contribution in [0.4, 0.5) is 0 Å². The van der Waals surface area contributed by atoms with Gasteiger partial charge in [-0.3, -0.25) is 0 Å². The summed E-state index contributed by atoms with van der Waals surface area (Å²) in [7, 11) is -3.46. The SMILES string of the molecule is Cc1ccc(S(=O)(=O)N2CCC(c3nnc(-c4ccco4)s3)CC2)c(C)c1. The van der Waals surface area contributed by atoms with Gasteiger partial charge in [-0.1, -0.05) is 29.0 Å². The predicted octanol–water partition coefficient (Wildman–Crippen LogP) is 3.98. The molecule has 1 saturated heterocycles. The highest BCUT2D eigenvalue weighted by Crippen LogP contribution is 2.35. The molecule has 0 amide bonds. The second kappa shape index (κ2) is 7.18. The summed E-state index contributed by atoms with van der Waals surface area (Å²) in [5.74, 6) is 0.949. The summed E-state index contributed by atoms with van der Waals surface area (Å²) in [6, 6.07) is 9.17. The van der Waals surface area contributed by atoms with E-state index in [2.05, 4.69) is 10.2 Å². The van der Waals surface area contributed by atoms with Crippen molar-refractivity contribution < 1.29 is 12.8 Å². The van der Waals surface area contributed by atoms with Crippen LogP contribution in [-0.4, -0.2) is 36.0 Å². The normalized spacial score (nSPS) is 16.7. The Morgan fingerprint density at radius 1 is 1.15 bits per heavy atom. The molecule has 0 bridgehead atoms. The number of benzene rings is 1. The van der Waals surface area contributed by atoms with E-state index in [0.29, 0.717) is 23.7 Å². The Morgan fingerprint density at radius 3 is 2.59 bits per heavy atom. The molecule has 0 unspecified atom stereocenters. The third kappa shape index (κ3) is 3.56. The number of hydrogen-bond donors (Lipinski definition) is 0. The van der Waals surface area contributed by atoms with Gasteiger partial charge in [0, 0.05) is 19.0 Å². The lowest BCUT2D eigenvalue weighted by Gasteiger charge is -2.30. The zero-order valence-corrected chi connectivity index (χ0v) is 16.9. The highest BCUT2D eigenvalue weighted by Gasteiger charge is 2.32. The molecule has 1 aromatic carbocycles. The maximum atomic E-state index is 13.0. The van der Waals surface area contributed by atoms with Crippen molar-refractivity contribution in [3.63, 3.8) is 0 Å². The largest absolute Gasteiger partial charge is 0.462 e. The van der Waals surface area contributed by atoms with E-state index in [1.807, 2.05) is 38.1 Å². The summed E-state index contributed by atoms with van der Waals surface area (Å²) >= 11 is 1.52. The van der Waals surface area contributed by atoms with Gasteiger partial charge in [0.25, 0.3) is 0 Å². The van der Waals surface area contributed by atoms with Crippen molar-refractivity contribution >= 4 is 21.4 Å². The maximum absolute atomic E-state index is 13.0. The van der Waals surface area contributed by atoms with E-state index < -0.39 is 10.0 Å². The van der Waals surface area contributed by atoms with E-state index in [1.165, 1.54) is 11.3 Å². The van der Waals surface area contributed by atoms with Crippen molar-refractivity contribution in [2.45, 2.75) is 37.5 Å². The van der Waals surface area contributed by atoms with E-state index in [1.54, 1.807) is 16.6 Å². The minimum Gasteiger partial charge on any atom is -0.462 e. The van der Waals surface area contributed by atoms with Crippen LogP contribution in [0.25, 0.3) is 10.8 Å². The first kappa shape index (κ1) is 18.3. The molecule has 142 valence electrons. The van der Waals surface area contributed by atoms with Crippen LogP contribution in [0.15, 0.2) is 45.9 Å². The van der Waals surface area contributed by atoms with Crippen molar-refractivity contribution in [3.05, 3.63) is 52.7 Å². The third-order valence-corrected chi connectivity index (χ3v) is 8.08. The number of aromatic nitrogens is 2. The third-order valence-electron chi connectivity index (χ3n) is 4.92. The Kier molecular flexibility index (Phi) is 4.88. The average Bonchev–Trinajstić information content (AvgIpc) is 3.33. The van der Waals surface area contributed by atoms with Gasteiger partial charge < -0.3 is 4.42 Å². The number of rotatable bonds is 4. The van der Waals surface area contributed by atoms with Crippen LogP contribution in [0.3, 0.4) is 0 Å². The second-order valence-electron chi connectivity index (χ2n) is 6.87. The molecule has 0 spiro atoms. The molecule has 0 saturated carbocycles. The molecule has 1 fully saturated rings. The van der Waals surface area contributed by atoms with Gasteiger partial charge in [0.2, 0.25) is 10.0 Å². The first-order valence-electron chi connectivity index (χ1n) is 8.90. The number of sulfonamides is 1. The Labute approximate surface area is 162 Å². The van der Waals surface area contributed by atoms with Crippen molar-refractivity contribution in [2.24, 2.45) is 0 Å². The first-order valence-corrected chi connectivity index (χ1v) is 11.2. The zero-order chi connectivity index (χ0) is 19.0. The topological polar surface area (TPSA) is 76.3 Å². The molecule has 27 heavy (non-hydrogen) atoms. The van der Waals surface area contributed by atoms with E-state index in [-0.39, 0.29) is 5.92 Å². The van der Waals surface area contributed by atoms with Gasteiger partial charge in [0.05, 0.1) is 11.2 Å². The summed E-state index contributed by atoms with van der Waals surface area (Å²) in [6.07, 6.45) is 3.11. The molecule has 1 aliphatic rings. The summed E-state index contributed by atoms with van der Waals surface area (Å²) in [5.41, 5.74) is 1.86. The fraction of sp³-hybridized carbons (Fsp3) is 0.368. The van der Waals surface area contributed by atoms with Crippen LogP contribution in [0.1, 0.15) is 34.9 Å². The Hall–Kier alpha value is -2.03. The highest BCUT2D eigenvalue weighted by molar-refractivity contribution is 7.89. The number of hydrogen-bond acceptors (Lipinski definition) is 6. The lowest BCUT2D eigenvalue weighted by atomic mass is 9.99. The van der Waals surface area contributed by atoms with E-state index in [4.69, 9.17) is 4.42 Å². The Bertz CT molecular complexity index is 1030. The van der Waals surface area contributed by atoms with Crippen molar-refractivity contribution in [1.82, 2.24) is 14.5 Å². The summed E-state index contributed by atoms with van der Waals surface area (Å²) in [4.78, 5) is 0.405. The molecule has 6 nitrogen and oxygen atoms in total. The zero-order valence-electron chi connectivity index (χ0n) is 15.3. The van der Waals surface area contributed by atoms with Gasteiger partial charge in [-0.05, 0) is 50.5 Å². The van der Waals surface area contributed by atoms with Crippen LogP contribution in [0, 0.1) is 13.8 Å². The summed E-state index contributed by atoms with van der Waals surface area (Å²) < 4.78 is 33.0. The molecule has 0 N–H and O–H groups in total. The van der Waals surface area contributed by atoms with Gasteiger partial charge in [-0.25, -0.2) is 8.42 Å². The maximum Gasteiger partial charge on any atom is 0.243 e. The fourth-order valence-electron chi connectivity index (χ4n) is 3.47. The molecule has 0 atom stereocenters. The second-order valence-corrected chi connectivity index (χ2v) is 9.79. The number of furan rings is 1. The number of piperidine rings is 1. The summed E-state index contributed by atoms with van der Waals surface area (Å²) in [5, 5.41) is 10.2. The molecule has 1 aliphatic heterocycles. The average molecular weight is 404 g/mol. The van der Waals surface area contributed by atoms with Gasteiger partial charge in [0.15, 0.2) is 10.8 Å². The van der Waals surface area contributed by atoms with Crippen LogP contribution >= 0.6 is 11.3 Å². The molecule has 0 aliphatic carbocycles. The Balaban J connectivity index is 1.47. The van der Waals surface area contributed by atoms with Crippen molar-refractivity contribution in [1.29, 1.82) is 0 Å². The van der Waals surface area contributed by atoms with Gasteiger partial charge in [-0.15, -0.1) is 10.2 Å². The lowest BCUT2D eigenvalue weighted by molar-refractivity contribution is 0.318. The van der Waals surface area contributed by atoms with E-state index in [9.17, 15) is 8.42 Å². The number of nitrogens with zero attached hydrogens (tertiary/aromatic N) is 3. The molecular weight excluding hydrogens is 382 g/mol. The minimum atomic E-state index is -3.46. The van der Waals surface area contributed by atoms with Crippen LogP contribution < -0.4 is 0 Å². The predicted molar refractivity (Wildman–Crippen MR) is 104 cm³/mol. The minimum absolute atomic E-state index is 0.233. The first-order chi connectivity index (χ1) is 12.9. The van der Waals surface area contributed by atoms with E-state index >= 15 is 0 Å². The quantitative estimate of drug-likeness (QED) is 0.658. The van der Waals surface area contributed by atoms with Crippen LogP contribution in [0.2, 0.25) is 0 Å². The fourth-order valence-corrected chi connectivity index (χ4v) is 6.13. The number of aryl methyl sites for hydroxylation is 2. The monoisotopic (exact) mass is 403 g/mol. The smallest absolute Gasteiger partial charge is 0.243 e. The molecule has 4 rings (SSSR count). The van der Waals surface area contributed by atoms with Crippen LogP contribution in [-0.2, 0) is 10.0 Å². The van der Waals surface area contributed by atoms with Gasteiger partial charge >= 0.3 is 0 Å². The molecule has 3 heterocycles. The summed E-state index contributed by atoms with van der Waals surface area (Å²) in [6.45, 7) is 4.81. The molecule has 8 heteroatoms. The van der Waals surface area contributed by atoms with E-state index in [0.717, 1.165) is 34.0 Å². The standard InChI is InChI=1S/C19H21N3O3S2/c1-13-5-6-17(14(2)12-13)27(23,24)22-9-7-15(8-10-22)18-20-21-19(26-18)16-4-3-11-25-16/h3-6,11-12,15H,7-10H2,1-2H3.